The highest BCUT2D eigenvalue weighted by atomic mass is 32.1. The number of thiazole rings is 1. The summed E-state index contributed by atoms with van der Waals surface area (Å²) in [6.07, 6.45) is 0.368. The first-order valence-electron chi connectivity index (χ1n) is 7.99. The van der Waals surface area contributed by atoms with Crippen LogP contribution in [0, 0.1) is 0 Å². The number of hydrogen-bond acceptors (Lipinski definition) is 6. The largest absolute Gasteiger partial charge is 0.495 e. The van der Waals surface area contributed by atoms with Crippen molar-refractivity contribution in [1.29, 1.82) is 0 Å². The highest BCUT2D eigenvalue weighted by molar-refractivity contribution is 7.13. The first kappa shape index (κ1) is 16.6. The van der Waals surface area contributed by atoms with Gasteiger partial charge in [0.1, 0.15) is 5.75 Å². The smallest absolute Gasteiger partial charge is 0.228 e. The van der Waals surface area contributed by atoms with Gasteiger partial charge < -0.3 is 19.9 Å². The fourth-order valence-corrected chi connectivity index (χ4v) is 3.53. The lowest BCUT2D eigenvalue weighted by atomic mass is 10.2. The Hall–Kier alpha value is -2.28. The number of nitrogens with one attached hydrogen (secondary N) is 1. The van der Waals surface area contributed by atoms with E-state index in [0.717, 1.165) is 48.4 Å². The van der Waals surface area contributed by atoms with Gasteiger partial charge in [-0.3, -0.25) is 4.79 Å². The molecule has 24 heavy (non-hydrogen) atoms. The zero-order chi connectivity index (χ0) is 16.9. The van der Waals surface area contributed by atoms with Gasteiger partial charge >= 0.3 is 0 Å². The second kappa shape index (κ2) is 7.53. The Labute approximate surface area is 146 Å². The summed E-state index contributed by atoms with van der Waals surface area (Å²) in [5.41, 5.74) is 1.92. The number of methoxy groups -OCH3 is 1. The maximum atomic E-state index is 12.5. The molecule has 7 heteroatoms. The van der Waals surface area contributed by atoms with Crippen molar-refractivity contribution in [3.63, 3.8) is 0 Å². The third-order valence-corrected chi connectivity index (χ3v) is 5.06. The van der Waals surface area contributed by atoms with E-state index in [2.05, 4.69) is 21.3 Å². The van der Waals surface area contributed by atoms with Gasteiger partial charge in [0.15, 0.2) is 5.13 Å². The van der Waals surface area contributed by atoms with E-state index < -0.39 is 0 Å². The topological polar surface area (TPSA) is 57.7 Å². The Bertz CT molecular complexity index is 695. The Balaban J connectivity index is 1.57. The number of amides is 1. The van der Waals surface area contributed by atoms with Crippen molar-refractivity contribution in [2.24, 2.45) is 0 Å². The SMILES string of the molecule is CNc1nc(CC(=O)N2CCN(c3ccccc3OC)CC2)cs1. The van der Waals surface area contributed by atoms with Gasteiger partial charge in [0.05, 0.1) is 24.9 Å². The number of carbonyl (C=O) groups is 1. The van der Waals surface area contributed by atoms with E-state index in [1.807, 2.05) is 35.5 Å². The van der Waals surface area contributed by atoms with Crippen molar-refractivity contribution in [2.45, 2.75) is 6.42 Å². The predicted molar refractivity (Wildman–Crippen MR) is 97.2 cm³/mol. The van der Waals surface area contributed by atoms with Crippen molar-refractivity contribution in [2.75, 3.05) is 50.6 Å². The molecule has 1 aromatic heterocycles. The molecule has 2 heterocycles. The minimum absolute atomic E-state index is 0.141. The second-order valence-corrected chi connectivity index (χ2v) is 6.47. The average Bonchev–Trinajstić information content (AvgIpc) is 3.09. The van der Waals surface area contributed by atoms with E-state index in [-0.39, 0.29) is 5.91 Å². The zero-order valence-corrected chi connectivity index (χ0v) is 14.8. The lowest BCUT2D eigenvalue weighted by molar-refractivity contribution is -0.130. The van der Waals surface area contributed by atoms with Crippen LogP contribution in [0.1, 0.15) is 5.69 Å². The number of anilines is 2. The number of rotatable bonds is 5. The minimum atomic E-state index is 0.141. The van der Waals surface area contributed by atoms with Gasteiger partial charge in [-0.15, -0.1) is 11.3 Å². The molecule has 0 unspecified atom stereocenters. The fourth-order valence-electron chi connectivity index (χ4n) is 2.86. The quantitative estimate of drug-likeness (QED) is 0.898. The molecule has 1 amide bonds. The molecular weight excluding hydrogens is 324 g/mol. The molecule has 0 atom stereocenters. The van der Waals surface area contributed by atoms with Crippen LogP contribution in [0.2, 0.25) is 0 Å². The van der Waals surface area contributed by atoms with Gasteiger partial charge in [-0.1, -0.05) is 12.1 Å². The summed E-state index contributed by atoms with van der Waals surface area (Å²) >= 11 is 1.52. The summed E-state index contributed by atoms with van der Waals surface area (Å²) in [6.45, 7) is 3.07. The summed E-state index contributed by atoms with van der Waals surface area (Å²) in [6, 6.07) is 8.01. The van der Waals surface area contributed by atoms with Crippen LogP contribution in [0.3, 0.4) is 0 Å². The molecule has 6 nitrogen and oxygen atoms in total. The van der Waals surface area contributed by atoms with Gasteiger partial charge in [-0.25, -0.2) is 4.98 Å². The minimum Gasteiger partial charge on any atom is -0.495 e. The van der Waals surface area contributed by atoms with E-state index in [1.54, 1.807) is 7.11 Å². The fraction of sp³-hybridized carbons (Fsp3) is 0.412. The number of benzene rings is 1. The summed E-state index contributed by atoms with van der Waals surface area (Å²) in [5, 5.41) is 5.78. The van der Waals surface area contributed by atoms with Crippen LogP contribution in [0.4, 0.5) is 10.8 Å². The second-order valence-electron chi connectivity index (χ2n) is 5.61. The lowest BCUT2D eigenvalue weighted by Crippen LogP contribution is -2.49. The van der Waals surface area contributed by atoms with Gasteiger partial charge in [-0.05, 0) is 12.1 Å². The van der Waals surface area contributed by atoms with Crippen LogP contribution < -0.4 is 15.0 Å². The Morgan fingerprint density at radius 2 is 2.04 bits per heavy atom. The number of carbonyl (C=O) groups excluding carboxylic acids is 1. The van der Waals surface area contributed by atoms with Gasteiger partial charge in [0.2, 0.25) is 5.91 Å². The maximum Gasteiger partial charge on any atom is 0.228 e. The number of hydrogen-bond donors (Lipinski definition) is 1. The molecule has 1 saturated heterocycles. The van der Waals surface area contributed by atoms with Crippen LogP contribution in [-0.4, -0.2) is 56.1 Å². The van der Waals surface area contributed by atoms with E-state index in [1.165, 1.54) is 11.3 Å². The number of para-hydroxylation sites is 2. The van der Waals surface area contributed by atoms with Crippen molar-refractivity contribution >= 4 is 28.1 Å². The predicted octanol–water partition coefficient (Wildman–Crippen LogP) is 2.08. The maximum absolute atomic E-state index is 12.5. The normalized spacial score (nSPS) is 14.6. The molecule has 128 valence electrons. The molecule has 1 fully saturated rings. The molecule has 1 N–H and O–H groups in total. The van der Waals surface area contributed by atoms with E-state index >= 15 is 0 Å². The third-order valence-electron chi connectivity index (χ3n) is 4.16. The number of aromatic nitrogens is 1. The lowest BCUT2D eigenvalue weighted by Gasteiger charge is -2.36. The molecule has 0 aliphatic carbocycles. The number of ether oxygens (including phenoxy) is 1. The van der Waals surface area contributed by atoms with E-state index in [0.29, 0.717) is 6.42 Å². The average molecular weight is 346 g/mol. The standard InChI is InChI=1S/C17H22N4O2S/c1-18-17-19-13(12-24-17)11-16(22)21-9-7-20(8-10-21)14-5-3-4-6-15(14)23-2/h3-6,12H,7-11H2,1-2H3,(H,18,19). The highest BCUT2D eigenvalue weighted by Crippen LogP contribution is 2.28. The molecule has 1 aliphatic rings. The molecular formula is C17H22N4O2S. The van der Waals surface area contributed by atoms with Crippen LogP contribution in [0.25, 0.3) is 0 Å². The zero-order valence-electron chi connectivity index (χ0n) is 14.0. The Kier molecular flexibility index (Phi) is 5.20. The van der Waals surface area contributed by atoms with Crippen LogP contribution >= 0.6 is 11.3 Å². The summed E-state index contributed by atoms with van der Waals surface area (Å²) in [4.78, 5) is 21.0. The molecule has 0 spiro atoms. The molecule has 1 aliphatic heterocycles. The summed E-state index contributed by atoms with van der Waals surface area (Å²) in [7, 11) is 3.52. The van der Waals surface area contributed by atoms with Crippen molar-refractivity contribution in [1.82, 2.24) is 9.88 Å². The summed E-state index contributed by atoms with van der Waals surface area (Å²) < 4.78 is 5.43. The van der Waals surface area contributed by atoms with Crippen LogP contribution in [0.15, 0.2) is 29.6 Å². The van der Waals surface area contributed by atoms with Crippen LogP contribution in [-0.2, 0) is 11.2 Å². The summed E-state index contributed by atoms with van der Waals surface area (Å²) in [5.74, 6) is 1.02. The van der Waals surface area contributed by atoms with Gasteiger partial charge in [-0.2, -0.15) is 0 Å². The first-order chi connectivity index (χ1) is 11.7. The van der Waals surface area contributed by atoms with Gasteiger partial charge in [0.25, 0.3) is 0 Å². The Morgan fingerprint density at radius 3 is 2.71 bits per heavy atom. The number of piperazine rings is 1. The molecule has 2 aromatic rings. The van der Waals surface area contributed by atoms with Crippen molar-refractivity contribution in [3.05, 3.63) is 35.3 Å². The number of nitrogens with zero attached hydrogens (tertiary/aromatic N) is 3. The van der Waals surface area contributed by atoms with Crippen molar-refractivity contribution < 1.29 is 9.53 Å². The molecule has 1 aromatic carbocycles. The van der Waals surface area contributed by atoms with E-state index in [9.17, 15) is 4.79 Å². The third kappa shape index (κ3) is 3.62. The van der Waals surface area contributed by atoms with Gasteiger partial charge in [0, 0.05) is 38.6 Å². The van der Waals surface area contributed by atoms with Crippen molar-refractivity contribution in [3.8, 4) is 5.75 Å². The first-order valence-corrected chi connectivity index (χ1v) is 8.87. The van der Waals surface area contributed by atoms with E-state index in [4.69, 9.17) is 4.74 Å². The highest BCUT2D eigenvalue weighted by Gasteiger charge is 2.23. The molecule has 3 rings (SSSR count). The van der Waals surface area contributed by atoms with Crippen LogP contribution in [0.5, 0.6) is 5.75 Å². The monoisotopic (exact) mass is 346 g/mol. The molecule has 0 saturated carbocycles. The Morgan fingerprint density at radius 1 is 1.29 bits per heavy atom. The molecule has 0 bridgehead atoms. The molecule has 0 radical (unpaired) electrons.